The van der Waals surface area contributed by atoms with Gasteiger partial charge in [-0.25, -0.2) is 14.6 Å². The van der Waals surface area contributed by atoms with Crippen LogP contribution >= 0.6 is 11.3 Å². The first-order valence-electron chi connectivity index (χ1n) is 7.09. The second kappa shape index (κ2) is 8.08. The van der Waals surface area contributed by atoms with E-state index in [4.69, 9.17) is 0 Å². The van der Waals surface area contributed by atoms with Gasteiger partial charge in [0.1, 0.15) is 16.6 Å². The van der Waals surface area contributed by atoms with E-state index in [1.165, 1.54) is 50.0 Å². The molecule has 0 fully saturated rings. The smallest absolute Gasteiger partial charge is 0.337 e. The van der Waals surface area contributed by atoms with Gasteiger partial charge in [-0.05, 0) is 25.1 Å². The lowest BCUT2D eigenvalue weighted by Gasteiger charge is -2.08. The van der Waals surface area contributed by atoms with Crippen LogP contribution in [-0.2, 0) is 9.47 Å². The predicted molar refractivity (Wildman–Crippen MR) is 93.2 cm³/mol. The summed E-state index contributed by atoms with van der Waals surface area (Å²) >= 11 is 1.35. The van der Waals surface area contributed by atoms with E-state index in [0.29, 0.717) is 16.3 Å². The highest BCUT2D eigenvalue weighted by Gasteiger charge is 2.14. The van der Waals surface area contributed by atoms with E-state index in [0.717, 1.165) is 5.69 Å². The number of nitrogens with zero attached hydrogens (tertiary/aromatic N) is 2. The molecule has 0 aliphatic heterocycles. The van der Waals surface area contributed by atoms with Gasteiger partial charge < -0.3 is 14.8 Å². The number of carbonyl (C=O) groups is 2. The number of carbonyl (C=O) groups excluding carboxylic acids is 2. The summed E-state index contributed by atoms with van der Waals surface area (Å²) in [4.78, 5) is 27.8. The van der Waals surface area contributed by atoms with Crippen LogP contribution in [0.15, 0.2) is 29.8 Å². The number of nitriles is 1. The fourth-order valence-electron chi connectivity index (χ4n) is 1.96. The van der Waals surface area contributed by atoms with Crippen molar-refractivity contribution >= 4 is 34.5 Å². The van der Waals surface area contributed by atoms with Crippen molar-refractivity contribution in [3.8, 4) is 6.07 Å². The number of methoxy groups -OCH3 is 2. The Kier molecular flexibility index (Phi) is 5.87. The van der Waals surface area contributed by atoms with Crippen LogP contribution in [0, 0.1) is 18.3 Å². The van der Waals surface area contributed by atoms with Gasteiger partial charge in [0.05, 0.1) is 25.3 Å². The van der Waals surface area contributed by atoms with Crippen LogP contribution in [0.1, 0.15) is 31.4 Å². The summed E-state index contributed by atoms with van der Waals surface area (Å²) in [6, 6.07) is 6.46. The van der Waals surface area contributed by atoms with Crippen molar-refractivity contribution < 1.29 is 19.1 Å². The molecule has 128 valence electrons. The van der Waals surface area contributed by atoms with Crippen molar-refractivity contribution in [2.75, 3.05) is 19.5 Å². The molecule has 2 rings (SSSR count). The molecule has 0 spiro atoms. The lowest BCUT2D eigenvalue weighted by molar-refractivity contribution is 0.0599. The fraction of sp³-hybridized carbons (Fsp3) is 0.176. The minimum absolute atomic E-state index is 0.185. The van der Waals surface area contributed by atoms with Crippen molar-refractivity contribution in [1.82, 2.24) is 4.98 Å². The molecule has 1 aromatic carbocycles. The molecule has 1 heterocycles. The van der Waals surface area contributed by atoms with E-state index in [-0.39, 0.29) is 11.1 Å². The van der Waals surface area contributed by atoms with Gasteiger partial charge in [-0.2, -0.15) is 5.26 Å². The minimum atomic E-state index is -0.589. The standard InChI is InChI=1S/C17H15N3O4S/c1-10-9-25-15(20-10)13(7-18)8-19-14-5-11(16(21)23-2)4-12(6-14)17(22)24-3/h4-6,8-9,19H,1-3H3/b13-8+. The van der Waals surface area contributed by atoms with Gasteiger partial charge in [0.25, 0.3) is 0 Å². The number of nitrogens with one attached hydrogen (secondary N) is 1. The molecule has 8 heteroatoms. The third kappa shape index (κ3) is 4.43. The zero-order valence-corrected chi connectivity index (χ0v) is 14.6. The maximum absolute atomic E-state index is 11.8. The van der Waals surface area contributed by atoms with E-state index in [2.05, 4.69) is 25.8 Å². The monoisotopic (exact) mass is 357 g/mol. The number of hydrogen-bond donors (Lipinski definition) is 1. The maximum Gasteiger partial charge on any atom is 0.337 e. The molecule has 2 aromatic rings. The summed E-state index contributed by atoms with van der Waals surface area (Å²) in [6.07, 6.45) is 1.47. The van der Waals surface area contributed by atoms with Gasteiger partial charge >= 0.3 is 11.9 Å². The molecule has 0 radical (unpaired) electrons. The Morgan fingerprint density at radius 2 is 1.80 bits per heavy atom. The number of benzene rings is 1. The highest BCUT2D eigenvalue weighted by molar-refractivity contribution is 7.10. The van der Waals surface area contributed by atoms with Gasteiger partial charge in [-0.1, -0.05) is 0 Å². The van der Waals surface area contributed by atoms with Gasteiger partial charge in [-0.3, -0.25) is 0 Å². The lowest BCUT2D eigenvalue weighted by atomic mass is 10.1. The van der Waals surface area contributed by atoms with E-state index in [1.54, 1.807) is 0 Å². The molecule has 0 aliphatic rings. The molecular formula is C17H15N3O4S. The highest BCUT2D eigenvalue weighted by Crippen LogP contribution is 2.21. The SMILES string of the molecule is COC(=O)c1cc(N/C=C(\C#N)c2nc(C)cs2)cc(C(=O)OC)c1. The second-order valence-electron chi connectivity index (χ2n) is 4.89. The van der Waals surface area contributed by atoms with Crippen molar-refractivity contribution in [1.29, 1.82) is 5.26 Å². The Morgan fingerprint density at radius 1 is 1.20 bits per heavy atom. The Hall–Kier alpha value is -3.18. The molecule has 1 N–H and O–H groups in total. The van der Waals surface area contributed by atoms with Crippen LogP contribution < -0.4 is 5.32 Å². The third-order valence-electron chi connectivity index (χ3n) is 3.13. The topological polar surface area (TPSA) is 101 Å². The average molecular weight is 357 g/mol. The zero-order valence-electron chi connectivity index (χ0n) is 13.8. The lowest BCUT2D eigenvalue weighted by Crippen LogP contribution is -2.07. The molecule has 0 saturated carbocycles. The number of thiazole rings is 1. The molecule has 0 unspecified atom stereocenters. The Balaban J connectivity index is 2.37. The van der Waals surface area contributed by atoms with Crippen LogP contribution in [0.2, 0.25) is 0 Å². The number of rotatable bonds is 5. The average Bonchev–Trinajstić information content (AvgIpc) is 3.06. The van der Waals surface area contributed by atoms with Gasteiger partial charge in [0.2, 0.25) is 0 Å². The van der Waals surface area contributed by atoms with E-state index >= 15 is 0 Å². The van der Waals surface area contributed by atoms with Crippen molar-refractivity contribution in [2.45, 2.75) is 6.92 Å². The molecule has 25 heavy (non-hydrogen) atoms. The molecule has 0 saturated heterocycles. The Labute approximate surface area is 148 Å². The van der Waals surface area contributed by atoms with E-state index in [1.807, 2.05) is 12.3 Å². The first-order chi connectivity index (χ1) is 12.0. The minimum Gasteiger partial charge on any atom is -0.465 e. The molecule has 0 atom stereocenters. The molecular weight excluding hydrogens is 342 g/mol. The second-order valence-corrected chi connectivity index (χ2v) is 5.75. The number of hydrogen-bond acceptors (Lipinski definition) is 8. The van der Waals surface area contributed by atoms with E-state index < -0.39 is 11.9 Å². The quantitative estimate of drug-likeness (QED) is 0.648. The van der Waals surface area contributed by atoms with Crippen LogP contribution in [0.5, 0.6) is 0 Å². The van der Waals surface area contributed by atoms with Gasteiger partial charge in [0.15, 0.2) is 0 Å². The van der Waals surface area contributed by atoms with Crippen molar-refractivity contribution in [3.05, 3.63) is 51.6 Å². The van der Waals surface area contributed by atoms with Crippen LogP contribution in [0.4, 0.5) is 5.69 Å². The van der Waals surface area contributed by atoms with Crippen molar-refractivity contribution in [2.24, 2.45) is 0 Å². The number of aryl methyl sites for hydroxylation is 1. The van der Waals surface area contributed by atoms with Crippen LogP contribution in [0.25, 0.3) is 5.57 Å². The fourth-order valence-corrected chi connectivity index (χ4v) is 2.72. The first kappa shape index (κ1) is 18.2. The number of ether oxygens (including phenoxy) is 2. The summed E-state index contributed by atoms with van der Waals surface area (Å²) in [5.41, 5.74) is 1.96. The Bertz CT molecular complexity index is 846. The highest BCUT2D eigenvalue weighted by atomic mass is 32.1. The molecule has 0 bridgehead atoms. The summed E-state index contributed by atoms with van der Waals surface area (Å²) in [5, 5.41) is 14.6. The number of anilines is 1. The van der Waals surface area contributed by atoms with Crippen LogP contribution in [-0.4, -0.2) is 31.1 Å². The summed E-state index contributed by atoms with van der Waals surface area (Å²) in [5.74, 6) is -1.18. The molecule has 0 aliphatic carbocycles. The Morgan fingerprint density at radius 3 is 2.24 bits per heavy atom. The molecule has 7 nitrogen and oxygen atoms in total. The largest absolute Gasteiger partial charge is 0.465 e. The van der Waals surface area contributed by atoms with Crippen LogP contribution in [0.3, 0.4) is 0 Å². The number of aromatic nitrogens is 1. The number of allylic oxidation sites excluding steroid dienone is 1. The van der Waals surface area contributed by atoms with Crippen molar-refractivity contribution in [3.63, 3.8) is 0 Å². The van der Waals surface area contributed by atoms with Gasteiger partial charge in [-0.15, -0.1) is 11.3 Å². The third-order valence-corrected chi connectivity index (χ3v) is 4.12. The molecule has 0 amide bonds. The summed E-state index contributed by atoms with van der Waals surface area (Å²) < 4.78 is 9.37. The normalized spacial score (nSPS) is 10.7. The van der Waals surface area contributed by atoms with Gasteiger partial charge in [0, 0.05) is 23.0 Å². The number of esters is 2. The predicted octanol–water partition coefficient (Wildman–Crippen LogP) is 3.00. The first-order valence-corrected chi connectivity index (χ1v) is 7.97. The molecule has 1 aromatic heterocycles. The summed E-state index contributed by atoms with van der Waals surface area (Å²) in [6.45, 7) is 1.84. The summed E-state index contributed by atoms with van der Waals surface area (Å²) in [7, 11) is 2.50. The van der Waals surface area contributed by atoms with E-state index in [9.17, 15) is 14.9 Å². The maximum atomic E-state index is 11.8. The zero-order chi connectivity index (χ0) is 18.4.